The number of hydrogen-bond acceptors (Lipinski definition) is 5. The van der Waals surface area contributed by atoms with Crippen molar-refractivity contribution in [3.63, 3.8) is 0 Å². The van der Waals surface area contributed by atoms with Gasteiger partial charge in [-0.05, 0) is 91.1 Å². The highest BCUT2D eigenvalue weighted by atomic mass is 16.5. The second-order valence-electron chi connectivity index (χ2n) is 12.7. The quantitative estimate of drug-likeness (QED) is 0.289. The Morgan fingerprint density at radius 2 is 1.76 bits per heavy atom. The third-order valence-corrected chi connectivity index (χ3v) is 9.52. The molecular weight excluding hydrogens is 524 g/mol. The van der Waals surface area contributed by atoms with E-state index in [0.29, 0.717) is 32.8 Å². The summed E-state index contributed by atoms with van der Waals surface area (Å²) in [6.45, 7) is 14.9. The number of hydrogen-bond donors (Lipinski definition) is 0. The largest absolute Gasteiger partial charge is 0.377 e. The number of amides is 1. The molecule has 5 aliphatic heterocycles. The molecule has 0 spiro atoms. The van der Waals surface area contributed by atoms with Gasteiger partial charge in [0.15, 0.2) is 0 Å². The van der Waals surface area contributed by atoms with Gasteiger partial charge in [-0.3, -0.25) is 9.59 Å². The van der Waals surface area contributed by atoms with Crippen molar-refractivity contribution in [1.82, 2.24) is 19.9 Å². The fourth-order valence-electron chi connectivity index (χ4n) is 6.92. The highest BCUT2D eigenvalue weighted by Gasteiger charge is 2.38. The number of ether oxygens (including phenoxy) is 1. The Kier molecular flexibility index (Phi) is 7.26. The lowest BCUT2D eigenvalue weighted by Gasteiger charge is -2.36. The number of ketones is 1. The summed E-state index contributed by atoms with van der Waals surface area (Å²) in [5.74, 6) is 0.0225. The van der Waals surface area contributed by atoms with Crippen molar-refractivity contribution in [2.24, 2.45) is 5.41 Å². The van der Waals surface area contributed by atoms with Gasteiger partial charge in [0.2, 0.25) is 0 Å². The smallest absolute Gasteiger partial charge is 0.254 e. The van der Waals surface area contributed by atoms with Crippen molar-refractivity contribution in [2.75, 3.05) is 13.2 Å². The zero-order chi connectivity index (χ0) is 29.8. The van der Waals surface area contributed by atoms with E-state index in [0.717, 1.165) is 68.4 Å². The lowest BCUT2D eigenvalue weighted by molar-refractivity contribution is -0.125. The number of Topliss-reactive ketones (excluding diaryl/α,β-unsaturated/α-hetero) is 1. The maximum absolute atomic E-state index is 13.9. The molecule has 0 fully saturated rings. The van der Waals surface area contributed by atoms with Crippen LogP contribution in [0.3, 0.4) is 0 Å². The van der Waals surface area contributed by atoms with E-state index in [9.17, 15) is 9.59 Å². The Labute approximate surface area is 247 Å². The van der Waals surface area contributed by atoms with Crippen LogP contribution in [0.4, 0.5) is 0 Å². The van der Waals surface area contributed by atoms with Crippen molar-refractivity contribution in [3.8, 4) is 0 Å². The van der Waals surface area contributed by atoms with E-state index in [1.165, 1.54) is 5.56 Å². The van der Waals surface area contributed by atoms with Crippen LogP contribution >= 0.6 is 0 Å². The molecule has 218 valence electrons. The summed E-state index contributed by atoms with van der Waals surface area (Å²) in [7, 11) is 0. The summed E-state index contributed by atoms with van der Waals surface area (Å²) < 4.78 is 7.98. The normalized spacial score (nSPS) is 17.8. The highest BCUT2D eigenvalue weighted by Crippen LogP contribution is 2.44. The molecule has 1 aromatic heterocycles. The number of nitrogens with zero attached hydrogens (tertiary/aromatic N) is 4. The molecule has 42 heavy (non-hydrogen) atoms. The monoisotopic (exact) mass is 564 g/mol. The summed E-state index contributed by atoms with van der Waals surface area (Å²) >= 11 is 0. The first kappa shape index (κ1) is 28.3. The summed E-state index contributed by atoms with van der Waals surface area (Å²) in [5, 5.41) is 9.08. The number of rotatable bonds is 2. The molecule has 1 atom stereocenters. The van der Waals surface area contributed by atoms with E-state index in [1.54, 1.807) is 6.92 Å². The average Bonchev–Trinajstić information content (AvgIpc) is 3.36. The average molecular weight is 565 g/mol. The highest BCUT2D eigenvalue weighted by molar-refractivity contribution is 5.97. The number of carbonyl (C=O) groups excluding carboxylic acids is 2. The Morgan fingerprint density at radius 1 is 1.00 bits per heavy atom. The zero-order valence-electron chi connectivity index (χ0n) is 25.6. The van der Waals surface area contributed by atoms with E-state index in [2.05, 4.69) is 59.7 Å². The molecule has 1 amide bonds. The first-order valence-corrected chi connectivity index (χ1v) is 15.0. The van der Waals surface area contributed by atoms with Gasteiger partial charge in [-0.2, -0.15) is 0 Å². The molecule has 4 aromatic rings. The van der Waals surface area contributed by atoms with E-state index < -0.39 is 5.41 Å². The molecule has 0 saturated heterocycles. The Hall–Kier alpha value is -3.84. The Morgan fingerprint density at radius 3 is 2.50 bits per heavy atom. The lowest BCUT2D eigenvalue weighted by atomic mass is 9.67. The summed E-state index contributed by atoms with van der Waals surface area (Å²) in [6, 6.07) is 15.0. The molecule has 9 rings (SSSR count). The first-order valence-electron chi connectivity index (χ1n) is 15.0. The lowest BCUT2D eigenvalue weighted by Crippen LogP contribution is -2.37. The minimum absolute atomic E-state index is 0.0729. The Balaban J connectivity index is 1.50. The zero-order valence-corrected chi connectivity index (χ0v) is 25.6. The molecule has 7 heteroatoms. The van der Waals surface area contributed by atoms with E-state index in [-0.39, 0.29) is 17.6 Å². The van der Waals surface area contributed by atoms with Crippen LogP contribution in [0.15, 0.2) is 42.5 Å². The molecule has 1 unspecified atom stereocenters. The number of aromatic nitrogens is 3. The van der Waals surface area contributed by atoms with Gasteiger partial charge in [-0.1, -0.05) is 55.5 Å². The van der Waals surface area contributed by atoms with Gasteiger partial charge >= 0.3 is 0 Å². The van der Waals surface area contributed by atoms with Crippen molar-refractivity contribution in [1.29, 1.82) is 0 Å². The number of benzene rings is 3. The van der Waals surface area contributed by atoms with E-state index >= 15 is 0 Å². The minimum Gasteiger partial charge on any atom is -0.377 e. The molecule has 0 N–H and O–H groups in total. The van der Waals surface area contributed by atoms with Gasteiger partial charge in [0.25, 0.3) is 5.91 Å². The predicted octanol–water partition coefficient (Wildman–Crippen LogP) is 6.22. The van der Waals surface area contributed by atoms with Crippen LogP contribution in [-0.2, 0) is 35.6 Å². The molecule has 9 bridgehead atoms. The molecule has 0 aliphatic carbocycles. The van der Waals surface area contributed by atoms with E-state index in [4.69, 9.17) is 4.74 Å². The van der Waals surface area contributed by atoms with Crippen molar-refractivity contribution >= 4 is 22.7 Å². The number of carbonyl (C=O) groups is 2. The maximum Gasteiger partial charge on any atom is 0.254 e. The van der Waals surface area contributed by atoms with Crippen LogP contribution in [0.25, 0.3) is 11.0 Å². The molecular formula is C35H40N4O3. The Bertz CT molecular complexity index is 1690. The molecule has 5 aliphatic rings. The van der Waals surface area contributed by atoms with Gasteiger partial charge in [-0.15, -0.1) is 5.10 Å². The van der Waals surface area contributed by atoms with Crippen LogP contribution in [0.5, 0.6) is 0 Å². The molecule has 7 nitrogen and oxygen atoms in total. The van der Waals surface area contributed by atoms with Gasteiger partial charge < -0.3 is 9.64 Å². The summed E-state index contributed by atoms with van der Waals surface area (Å²) in [4.78, 5) is 29.0. The third kappa shape index (κ3) is 4.83. The molecule has 0 saturated carbocycles. The van der Waals surface area contributed by atoms with Crippen LogP contribution < -0.4 is 0 Å². The van der Waals surface area contributed by atoms with Crippen molar-refractivity contribution in [3.05, 3.63) is 92.5 Å². The third-order valence-electron chi connectivity index (χ3n) is 9.52. The molecule has 0 radical (unpaired) electrons. The van der Waals surface area contributed by atoms with Crippen LogP contribution in [0.2, 0.25) is 0 Å². The first-order chi connectivity index (χ1) is 20.1. The minimum atomic E-state index is -0.657. The van der Waals surface area contributed by atoms with Gasteiger partial charge in [-0.25, -0.2) is 4.68 Å². The maximum atomic E-state index is 13.9. The van der Waals surface area contributed by atoms with Crippen LogP contribution in [-0.4, -0.2) is 44.7 Å². The van der Waals surface area contributed by atoms with Crippen LogP contribution in [0, 0.1) is 26.2 Å². The SMILES string of the molecule is CC(=O)C(C)(C)C1c2ccc3c(c2)CN(CC3)C(=O)c2c(C)cc(cc2C)COCCCn2nnc3c(C)c1ccc32. The van der Waals surface area contributed by atoms with E-state index in [1.807, 2.05) is 37.3 Å². The van der Waals surface area contributed by atoms with Gasteiger partial charge in [0, 0.05) is 43.1 Å². The van der Waals surface area contributed by atoms with Crippen LogP contribution in [0.1, 0.15) is 88.0 Å². The second-order valence-corrected chi connectivity index (χ2v) is 12.7. The van der Waals surface area contributed by atoms with Crippen molar-refractivity contribution < 1.29 is 14.3 Å². The number of aryl methyl sites for hydroxylation is 4. The molecule has 6 heterocycles. The standard InChI is InChI=1S/C35H40N4O3/c1-21-16-25-17-22(2)31(21)34(41)38-14-12-26-8-9-27(18-28(26)19-38)32(35(5,6)24(4)40)29-10-11-30-33(23(29)3)36-37-39(30)13-7-15-42-20-25/h8-11,16-18,32H,7,12-15,19-20H2,1-6H3. The molecule has 3 aromatic carbocycles. The topological polar surface area (TPSA) is 77.3 Å². The fourth-order valence-corrected chi connectivity index (χ4v) is 6.92. The van der Waals surface area contributed by atoms with Gasteiger partial charge in [0.05, 0.1) is 12.1 Å². The van der Waals surface area contributed by atoms with Gasteiger partial charge in [0.1, 0.15) is 11.3 Å². The summed E-state index contributed by atoms with van der Waals surface area (Å²) in [6.07, 6.45) is 1.61. The summed E-state index contributed by atoms with van der Waals surface area (Å²) in [5.41, 5.74) is 10.6. The van der Waals surface area contributed by atoms with Crippen molar-refractivity contribution in [2.45, 2.75) is 80.0 Å². The fraction of sp³-hybridized carbons (Fsp3) is 0.429. The predicted molar refractivity (Wildman–Crippen MR) is 164 cm³/mol. The second kappa shape index (κ2) is 10.8.